The summed E-state index contributed by atoms with van der Waals surface area (Å²) in [6, 6.07) is 18.3. The minimum absolute atomic E-state index is 0.162. The molecule has 0 spiro atoms. The van der Waals surface area contributed by atoms with Gasteiger partial charge in [-0.15, -0.1) is 0 Å². The Kier molecular flexibility index (Phi) is 5.83. The van der Waals surface area contributed by atoms with Crippen molar-refractivity contribution in [3.8, 4) is 0 Å². The van der Waals surface area contributed by atoms with Crippen molar-refractivity contribution in [3.63, 3.8) is 0 Å². The zero-order chi connectivity index (χ0) is 28.1. The van der Waals surface area contributed by atoms with Crippen molar-refractivity contribution in [1.82, 2.24) is 4.90 Å². The maximum absolute atomic E-state index is 13.7. The van der Waals surface area contributed by atoms with Crippen molar-refractivity contribution in [3.05, 3.63) is 122 Å². The van der Waals surface area contributed by atoms with E-state index in [2.05, 4.69) is 0 Å². The van der Waals surface area contributed by atoms with Crippen LogP contribution < -0.4 is 4.90 Å². The van der Waals surface area contributed by atoms with Gasteiger partial charge in [-0.3, -0.25) is 34.6 Å². The highest BCUT2D eigenvalue weighted by molar-refractivity contribution is 6.25. The second-order valence-electron chi connectivity index (χ2n) is 9.69. The van der Waals surface area contributed by atoms with Crippen LogP contribution in [0, 0.1) is 32.1 Å². The number of nitrogens with zero attached hydrogens (tertiary/aromatic N) is 4. The third-order valence-electron chi connectivity index (χ3n) is 7.51. The summed E-state index contributed by atoms with van der Waals surface area (Å²) in [6.45, 7) is 0. The predicted octanol–water partition coefficient (Wildman–Crippen LogP) is 4.00. The van der Waals surface area contributed by atoms with E-state index in [0.29, 0.717) is 22.5 Å². The van der Waals surface area contributed by atoms with Gasteiger partial charge in [-0.25, -0.2) is 4.90 Å². The fraction of sp³-hybridized carbons (Fsp3) is 0.138. The molecule has 3 aromatic rings. The van der Waals surface area contributed by atoms with E-state index in [1.54, 1.807) is 59.5 Å². The SMILES string of the molecule is O=C1C=CC2C3C(=O)N(c4ccccc4)C(=O)C3C1N2/C(=C\c1cccc([N+](=O)[O-])c1)c1cccc([N+](=O)[O-])c1. The number of nitro benzene ring substituents is 2. The van der Waals surface area contributed by atoms with Crippen molar-refractivity contribution < 1.29 is 24.2 Å². The first-order chi connectivity index (χ1) is 19.3. The number of nitro groups is 2. The van der Waals surface area contributed by atoms with Gasteiger partial charge in [0, 0.05) is 35.5 Å². The second kappa shape index (κ2) is 9.38. The molecule has 0 radical (unpaired) electrons. The first kappa shape index (κ1) is 24.9. The van der Waals surface area contributed by atoms with Gasteiger partial charge in [-0.05, 0) is 29.8 Å². The topological polar surface area (TPSA) is 144 Å². The average molecular weight is 537 g/mol. The molecule has 0 aromatic heterocycles. The van der Waals surface area contributed by atoms with Gasteiger partial charge in [0.15, 0.2) is 5.78 Å². The molecule has 11 heteroatoms. The average Bonchev–Trinajstić information content (AvgIpc) is 3.36. The molecule has 4 atom stereocenters. The Hall–Kier alpha value is -5.45. The highest BCUT2D eigenvalue weighted by atomic mass is 16.6. The van der Waals surface area contributed by atoms with Gasteiger partial charge < -0.3 is 4.90 Å². The molecular formula is C29H20N4O7. The van der Waals surface area contributed by atoms with Crippen LogP contribution in [-0.4, -0.2) is 44.4 Å². The maximum Gasteiger partial charge on any atom is 0.270 e. The molecule has 0 N–H and O–H groups in total. The summed E-state index contributed by atoms with van der Waals surface area (Å²) >= 11 is 0. The number of para-hydroxylation sites is 1. The molecular weight excluding hydrogens is 516 g/mol. The zero-order valence-electron chi connectivity index (χ0n) is 20.7. The molecule has 0 aliphatic carbocycles. The molecule has 2 fully saturated rings. The van der Waals surface area contributed by atoms with Crippen LogP contribution in [0.3, 0.4) is 0 Å². The highest BCUT2D eigenvalue weighted by Gasteiger charge is 2.64. The number of non-ortho nitro benzene ring substituents is 2. The van der Waals surface area contributed by atoms with E-state index in [9.17, 15) is 34.6 Å². The van der Waals surface area contributed by atoms with Gasteiger partial charge in [-0.1, -0.05) is 48.5 Å². The van der Waals surface area contributed by atoms with Crippen molar-refractivity contribution >= 4 is 46.4 Å². The molecule has 198 valence electrons. The van der Waals surface area contributed by atoms with Gasteiger partial charge >= 0.3 is 0 Å². The van der Waals surface area contributed by atoms with E-state index < -0.39 is 45.6 Å². The molecule has 2 bridgehead atoms. The fourth-order valence-corrected chi connectivity index (χ4v) is 5.87. The minimum atomic E-state index is -1.05. The number of hydrogen-bond donors (Lipinski definition) is 0. The maximum atomic E-state index is 13.7. The Labute approximate surface area is 226 Å². The van der Waals surface area contributed by atoms with Gasteiger partial charge in [0.25, 0.3) is 11.4 Å². The molecule has 11 nitrogen and oxygen atoms in total. The summed E-state index contributed by atoms with van der Waals surface area (Å²) in [4.78, 5) is 65.5. The normalized spacial score (nSPS) is 23.5. The fourth-order valence-electron chi connectivity index (χ4n) is 5.87. The van der Waals surface area contributed by atoms with Crippen LogP contribution in [0.25, 0.3) is 11.8 Å². The van der Waals surface area contributed by atoms with Crippen LogP contribution in [-0.2, 0) is 14.4 Å². The van der Waals surface area contributed by atoms with Crippen LogP contribution in [0.15, 0.2) is 91.0 Å². The lowest BCUT2D eigenvalue weighted by Crippen LogP contribution is -2.48. The monoisotopic (exact) mass is 536 g/mol. The lowest BCUT2D eigenvalue weighted by molar-refractivity contribution is -0.385. The molecule has 3 aliphatic heterocycles. The number of hydrogen-bond acceptors (Lipinski definition) is 8. The number of ketones is 1. The number of carbonyl (C=O) groups excluding carboxylic acids is 3. The quantitative estimate of drug-likeness (QED) is 0.199. The largest absolute Gasteiger partial charge is 0.352 e. The van der Waals surface area contributed by atoms with Crippen LogP contribution in [0.1, 0.15) is 11.1 Å². The van der Waals surface area contributed by atoms with Gasteiger partial charge in [0.2, 0.25) is 11.8 Å². The summed E-state index contributed by atoms with van der Waals surface area (Å²) < 4.78 is 0. The number of fused-ring (bicyclic) bond motifs is 5. The van der Waals surface area contributed by atoms with Crippen LogP contribution in [0.4, 0.5) is 17.1 Å². The van der Waals surface area contributed by atoms with E-state index in [1.807, 2.05) is 0 Å². The predicted molar refractivity (Wildman–Crippen MR) is 144 cm³/mol. The first-order valence-corrected chi connectivity index (χ1v) is 12.4. The number of carbonyl (C=O) groups is 3. The number of imide groups is 1. The Morgan fingerprint density at radius 1 is 0.775 bits per heavy atom. The zero-order valence-corrected chi connectivity index (χ0v) is 20.7. The van der Waals surface area contributed by atoms with E-state index in [-0.39, 0.29) is 17.2 Å². The number of benzene rings is 3. The second-order valence-corrected chi connectivity index (χ2v) is 9.69. The lowest BCUT2D eigenvalue weighted by Gasteiger charge is -2.37. The van der Waals surface area contributed by atoms with Crippen molar-refractivity contribution in [1.29, 1.82) is 0 Å². The number of rotatable bonds is 6. The van der Waals surface area contributed by atoms with Crippen molar-refractivity contribution in [2.24, 2.45) is 11.8 Å². The molecule has 2 saturated heterocycles. The molecule has 0 saturated carbocycles. The summed E-state index contributed by atoms with van der Waals surface area (Å²) in [5.41, 5.74) is 1.16. The smallest absolute Gasteiger partial charge is 0.270 e. The van der Waals surface area contributed by atoms with E-state index >= 15 is 0 Å². The van der Waals surface area contributed by atoms with Crippen molar-refractivity contribution in [2.45, 2.75) is 12.1 Å². The Bertz CT molecular complexity index is 1670. The highest BCUT2D eigenvalue weighted by Crippen LogP contribution is 2.50. The molecule has 6 rings (SSSR count). The van der Waals surface area contributed by atoms with E-state index in [1.165, 1.54) is 42.5 Å². The Morgan fingerprint density at radius 2 is 1.43 bits per heavy atom. The van der Waals surface area contributed by atoms with Gasteiger partial charge in [0.05, 0.1) is 33.4 Å². The Morgan fingerprint density at radius 3 is 2.12 bits per heavy atom. The van der Waals surface area contributed by atoms with Crippen LogP contribution in [0.5, 0.6) is 0 Å². The summed E-state index contributed by atoms with van der Waals surface area (Å²) in [6.07, 6.45) is 4.54. The molecule has 3 aliphatic rings. The lowest BCUT2D eigenvalue weighted by atomic mass is 9.90. The third kappa shape index (κ3) is 3.87. The first-order valence-electron chi connectivity index (χ1n) is 12.4. The molecule has 40 heavy (non-hydrogen) atoms. The molecule has 2 amide bonds. The summed E-state index contributed by atoms with van der Waals surface area (Å²) in [7, 11) is 0. The summed E-state index contributed by atoms with van der Waals surface area (Å²) in [5, 5.41) is 23.0. The number of anilines is 1. The van der Waals surface area contributed by atoms with Crippen molar-refractivity contribution in [2.75, 3.05) is 4.90 Å². The molecule has 3 heterocycles. The molecule has 4 unspecified atom stereocenters. The van der Waals surface area contributed by atoms with Gasteiger partial charge in [-0.2, -0.15) is 0 Å². The van der Waals surface area contributed by atoms with Crippen LogP contribution in [0.2, 0.25) is 0 Å². The van der Waals surface area contributed by atoms with Gasteiger partial charge in [0.1, 0.15) is 6.04 Å². The molecule has 3 aromatic carbocycles. The minimum Gasteiger partial charge on any atom is -0.352 e. The standard InChI is InChI=1S/C29H20N4O7/c34-24-13-12-22-25-26(29(36)30(28(25)35)19-8-2-1-3-9-19)27(24)31(22)23(18-7-5-11-21(16-18)33(39)40)15-17-6-4-10-20(14-17)32(37)38/h1-16,22,25-27H/b23-15-. The number of amides is 2. The van der Waals surface area contributed by atoms with E-state index in [4.69, 9.17) is 0 Å². The summed E-state index contributed by atoms with van der Waals surface area (Å²) in [5.74, 6) is -3.16. The van der Waals surface area contributed by atoms with E-state index in [0.717, 1.165) is 4.90 Å². The van der Waals surface area contributed by atoms with Crippen LogP contribution >= 0.6 is 0 Å². The Balaban J connectivity index is 1.51. The third-order valence-corrected chi connectivity index (χ3v) is 7.51.